The third kappa shape index (κ3) is 6.39. The maximum Gasteiger partial charge on any atom is 0.404 e. The molecule has 4 unspecified atom stereocenters. The lowest BCUT2D eigenvalue weighted by atomic mass is 9.45. The molecule has 3 aliphatic rings. The average molecular weight is 481 g/mol. The normalized spacial score (nSPS) is 37.6. The van der Waals surface area contributed by atoms with Crippen molar-refractivity contribution in [3.05, 3.63) is 11.6 Å². The van der Waals surface area contributed by atoms with Gasteiger partial charge in [-0.1, -0.05) is 93.2 Å². The zero-order valence-corrected chi connectivity index (χ0v) is 23.9. The lowest BCUT2D eigenvalue weighted by Gasteiger charge is -2.60. The van der Waals surface area contributed by atoms with Gasteiger partial charge < -0.3 is 4.74 Å². The summed E-state index contributed by atoms with van der Waals surface area (Å²) in [5, 5.41) is 0. The Hall–Kier alpha value is -0.500. The lowest BCUT2D eigenvalue weighted by Crippen LogP contribution is -2.52. The van der Waals surface area contributed by atoms with Gasteiger partial charge in [0.25, 0.3) is 0 Å². The minimum Gasteiger partial charge on any atom is -0.450 e. The van der Waals surface area contributed by atoms with Crippen molar-refractivity contribution < 1.29 is 9.53 Å². The van der Waals surface area contributed by atoms with E-state index in [1.54, 1.807) is 0 Å². The molecule has 0 aromatic rings. The molecule has 2 nitrogen and oxygen atoms in total. The predicted molar refractivity (Wildman–Crippen MR) is 143 cm³/mol. The first-order chi connectivity index (χ1) is 15.4. The maximum absolute atomic E-state index is 11.2. The number of hydrogen-bond acceptors (Lipinski definition) is 2. The molecular formula is C30H53ClO2. The van der Waals surface area contributed by atoms with Gasteiger partial charge in [-0.2, -0.15) is 0 Å². The van der Waals surface area contributed by atoms with E-state index in [-0.39, 0.29) is 11.5 Å². The topological polar surface area (TPSA) is 26.3 Å². The first-order valence-corrected chi connectivity index (χ1v) is 14.3. The van der Waals surface area contributed by atoms with Crippen LogP contribution >= 0.6 is 11.6 Å². The van der Waals surface area contributed by atoms with E-state index in [2.05, 4.69) is 68.4 Å². The van der Waals surface area contributed by atoms with Crippen LogP contribution in [0.5, 0.6) is 0 Å². The standard InChI is InChI=1S/C25H41ClO2.C5H12/c1-7-8-16(2)17(3)24(5)14-12-22-21(18(24)4)10-9-19-15-20(28-23(26)27)11-13-25(19,22)6;1-4-5(2)3/h9,16-18,20-22H,7-8,10-15H2,1-6H3;5H,4H2,1-3H3/t16-,17?,18?,20+,21?,22?,24-,25+;/m1./s1. The van der Waals surface area contributed by atoms with Crippen LogP contribution in [0.25, 0.3) is 0 Å². The molecule has 2 saturated carbocycles. The second kappa shape index (κ2) is 12.0. The highest BCUT2D eigenvalue weighted by Crippen LogP contribution is 2.63. The van der Waals surface area contributed by atoms with Gasteiger partial charge >= 0.3 is 5.43 Å². The first kappa shape index (κ1) is 28.7. The molecule has 0 N–H and O–H groups in total. The molecule has 0 bridgehead atoms. The Morgan fingerprint density at radius 3 is 2.33 bits per heavy atom. The van der Waals surface area contributed by atoms with E-state index in [1.807, 2.05) is 0 Å². The minimum absolute atomic E-state index is 0.0259. The van der Waals surface area contributed by atoms with Crippen molar-refractivity contribution in [3.63, 3.8) is 0 Å². The molecule has 0 saturated heterocycles. The van der Waals surface area contributed by atoms with E-state index >= 15 is 0 Å². The van der Waals surface area contributed by atoms with Gasteiger partial charge in [-0.05, 0) is 78.4 Å². The number of hydrogen-bond donors (Lipinski definition) is 0. The highest BCUT2D eigenvalue weighted by molar-refractivity contribution is 6.61. The van der Waals surface area contributed by atoms with Gasteiger partial charge in [-0.25, -0.2) is 4.79 Å². The Labute approximate surface area is 210 Å². The summed E-state index contributed by atoms with van der Waals surface area (Å²) in [5.41, 5.74) is 1.61. The second-order valence-electron chi connectivity index (χ2n) is 12.6. The summed E-state index contributed by atoms with van der Waals surface area (Å²) < 4.78 is 5.34. The average Bonchev–Trinajstić information content (AvgIpc) is 2.76. The summed E-state index contributed by atoms with van der Waals surface area (Å²) in [6.07, 6.45) is 13.3. The summed E-state index contributed by atoms with van der Waals surface area (Å²) >= 11 is 5.48. The molecule has 0 radical (unpaired) electrons. The van der Waals surface area contributed by atoms with Gasteiger partial charge in [0.2, 0.25) is 0 Å². The largest absolute Gasteiger partial charge is 0.450 e. The van der Waals surface area contributed by atoms with Crippen molar-refractivity contribution in [2.45, 2.75) is 126 Å². The third-order valence-corrected chi connectivity index (χ3v) is 10.6. The number of carbonyl (C=O) groups is 1. The fraction of sp³-hybridized carbons (Fsp3) is 0.900. The molecule has 33 heavy (non-hydrogen) atoms. The number of rotatable bonds is 6. The van der Waals surface area contributed by atoms with Crippen LogP contribution in [0.1, 0.15) is 120 Å². The summed E-state index contributed by atoms with van der Waals surface area (Å²) in [5.74, 6) is 4.79. The Morgan fingerprint density at radius 2 is 1.79 bits per heavy atom. The molecule has 192 valence electrons. The van der Waals surface area contributed by atoms with E-state index in [0.717, 1.165) is 54.8 Å². The fourth-order valence-electron chi connectivity index (χ4n) is 7.35. The summed E-state index contributed by atoms with van der Waals surface area (Å²) in [7, 11) is 0. The Bertz CT molecular complexity index is 670. The van der Waals surface area contributed by atoms with Crippen molar-refractivity contribution in [2.24, 2.45) is 46.3 Å². The van der Waals surface area contributed by atoms with Crippen LogP contribution in [0.2, 0.25) is 0 Å². The highest BCUT2D eigenvalue weighted by atomic mass is 35.5. The van der Waals surface area contributed by atoms with Crippen molar-refractivity contribution >= 4 is 17.0 Å². The molecule has 0 heterocycles. The van der Waals surface area contributed by atoms with Crippen LogP contribution in [0.15, 0.2) is 11.6 Å². The summed E-state index contributed by atoms with van der Waals surface area (Å²) in [6.45, 7) is 21.6. The van der Waals surface area contributed by atoms with Gasteiger partial charge in [0.15, 0.2) is 0 Å². The predicted octanol–water partition coefficient (Wildman–Crippen LogP) is 10.0. The maximum atomic E-state index is 11.2. The van der Waals surface area contributed by atoms with E-state index in [4.69, 9.17) is 16.3 Å². The molecule has 0 spiro atoms. The fourth-order valence-corrected chi connectivity index (χ4v) is 7.48. The van der Waals surface area contributed by atoms with Crippen LogP contribution in [-0.2, 0) is 4.74 Å². The van der Waals surface area contributed by atoms with Crippen molar-refractivity contribution in [1.29, 1.82) is 0 Å². The highest BCUT2D eigenvalue weighted by Gasteiger charge is 2.55. The summed E-state index contributed by atoms with van der Waals surface area (Å²) in [6, 6.07) is 0. The van der Waals surface area contributed by atoms with Gasteiger partial charge in [0.05, 0.1) is 0 Å². The van der Waals surface area contributed by atoms with Gasteiger partial charge in [-0.15, -0.1) is 0 Å². The number of ether oxygens (including phenoxy) is 1. The van der Waals surface area contributed by atoms with Crippen molar-refractivity contribution in [2.75, 3.05) is 0 Å². The Balaban J connectivity index is 0.000000696. The molecule has 3 aliphatic carbocycles. The lowest BCUT2D eigenvalue weighted by molar-refractivity contribution is -0.0753. The molecule has 0 aromatic carbocycles. The second-order valence-corrected chi connectivity index (χ2v) is 12.9. The summed E-state index contributed by atoms with van der Waals surface area (Å²) in [4.78, 5) is 11.2. The number of allylic oxidation sites excluding steroid dienone is 1. The van der Waals surface area contributed by atoms with Crippen molar-refractivity contribution in [3.8, 4) is 0 Å². The molecule has 0 amide bonds. The van der Waals surface area contributed by atoms with E-state index in [0.29, 0.717) is 5.41 Å². The number of carbonyl (C=O) groups excluding carboxylic acids is 1. The van der Waals surface area contributed by atoms with Gasteiger partial charge in [0.1, 0.15) is 6.10 Å². The molecule has 3 heteroatoms. The third-order valence-electron chi connectivity index (χ3n) is 10.5. The van der Waals surface area contributed by atoms with E-state index in [1.165, 1.54) is 44.1 Å². The van der Waals surface area contributed by atoms with E-state index < -0.39 is 5.43 Å². The van der Waals surface area contributed by atoms with Crippen LogP contribution in [0, 0.1) is 46.3 Å². The van der Waals surface area contributed by atoms with Crippen LogP contribution < -0.4 is 0 Å². The minimum atomic E-state index is -0.653. The molecular weight excluding hydrogens is 428 g/mol. The van der Waals surface area contributed by atoms with Gasteiger partial charge in [0, 0.05) is 18.0 Å². The molecule has 8 atom stereocenters. The molecule has 0 aromatic heterocycles. The molecule has 0 aliphatic heterocycles. The SMILES string of the molecule is CCC(C)C.CCC[C@@H](C)C(C)[C@@]1(C)CCC2C(CC=C3C[C@@H](OC(=O)Cl)CC[C@@]32C)C1C. The smallest absolute Gasteiger partial charge is 0.404 e. The van der Waals surface area contributed by atoms with Crippen LogP contribution in [-0.4, -0.2) is 11.5 Å². The first-order valence-electron chi connectivity index (χ1n) is 14.0. The molecule has 2 fully saturated rings. The Kier molecular flexibility index (Phi) is 10.4. The zero-order valence-electron chi connectivity index (χ0n) is 23.2. The van der Waals surface area contributed by atoms with E-state index in [9.17, 15) is 4.79 Å². The molecule has 3 rings (SSSR count). The van der Waals surface area contributed by atoms with Gasteiger partial charge in [-0.3, -0.25) is 0 Å². The number of fused-ring (bicyclic) bond motifs is 3. The van der Waals surface area contributed by atoms with Crippen molar-refractivity contribution in [1.82, 2.24) is 0 Å². The Morgan fingerprint density at radius 1 is 1.15 bits per heavy atom. The zero-order chi connectivity index (χ0) is 25.0. The quantitative estimate of drug-likeness (QED) is 0.279. The number of halogens is 1. The van der Waals surface area contributed by atoms with Crippen LogP contribution in [0.3, 0.4) is 0 Å². The monoisotopic (exact) mass is 480 g/mol. The van der Waals surface area contributed by atoms with Crippen LogP contribution in [0.4, 0.5) is 4.79 Å².